The molecule has 20 heavy (non-hydrogen) atoms. The molecule has 0 aliphatic heterocycles. The molecule has 0 bridgehead atoms. The first-order valence-electron chi connectivity index (χ1n) is 6.23. The summed E-state index contributed by atoms with van der Waals surface area (Å²) in [6.45, 7) is 2.76. The molecule has 3 rings (SSSR count). The van der Waals surface area contributed by atoms with Crippen LogP contribution in [0.3, 0.4) is 0 Å². The van der Waals surface area contributed by atoms with Gasteiger partial charge in [0.2, 0.25) is 0 Å². The van der Waals surface area contributed by atoms with Crippen molar-refractivity contribution in [3.63, 3.8) is 0 Å². The van der Waals surface area contributed by atoms with Gasteiger partial charge in [0.25, 0.3) is 0 Å². The highest BCUT2D eigenvalue weighted by atomic mass is 79.9. The predicted octanol–water partition coefficient (Wildman–Crippen LogP) is 3.80. The molecule has 1 aromatic heterocycles. The zero-order chi connectivity index (χ0) is 14.1. The lowest BCUT2D eigenvalue weighted by Gasteiger charge is -2.08. The van der Waals surface area contributed by atoms with E-state index in [0.29, 0.717) is 17.6 Å². The van der Waals surface area contributed by atoms with Gasteiger partial charge in [-0.1, -0.05) is 28.1 Å². The van der Waals surface area contributed by atoms with Crippen molar-refractivity contribution in [2.45, 2.75) is 13.5 Å². The van der Waals surface area contributed by atoms with E-state index in [4.69, 9.17) is 4.42 Å². The number of benzene rings is 2. The van der Waals surface area contributed by atoms with Crippen molar-refractivity contribution >= 4 is 32.7 Å². The first kappa shape index (κ1) is 13.0. The van der Waals surface area contributed by atoms with Gasteiger partial charge in [-0.3, -0.25) is 4.98 Å². The van der Waals surface area contributed by atoms with Crippen molar-refractivity contribution in [3.8, 4) is 0 Å². The number of fused-ring (bicyclic) bond motifs is 1. The summed E-state index contributed by atoms with van der Waals surface area (Å²) in [7, 11) is 0. The third-order valence-corrected chi connectivity index (χ3v) is 3.85. The second-order valence-electron chi connectivity index (χ2n) is 4.67. The van der Waals surface area contributed by atoms with Crippen LogP contribution in [0.4, 0.5) is 5.69 Å². The molecule has 0 amide bonds. The summed E-state index contributed by atoms with van der Waals surface area (Å²) in [5.41, 5.74) is 4.59. The number of oxazole rings is 1. The molecule has 0 unspecified atom stereocenters. The molecule has 2 aromatic carbocycles. The van der Waals surface area contributed by atoms with Gasteiger partial charge >= 0.3 is 5.76 Å². The van der Waals surface area contributed by atoms with Crippen molar-refractivity contribution in [2.24, 2.45) is 0 Å². The van der Waals surface area contributed by atoms with Gasteiger partial charge in [-0.15, -0.1) is 0 Å². The van der Waals surface area contributed by atoms with E-state index in [9.17, 15) is 4.79 Å². The number of H-pyrrole nitrogens is 1. The van der Waals surface area contributed by atoms with E-state index in [1.165, 1.54) is 11.1 Å². The summed E-state index contributed by atoms with van der Waals surface area (Å²) in [5, 5.41) is 3.33. The van der Waals surface area contributed by atoms with E-state index >= 15 is 0 Å². The number of aromatic amines is 1. The molecule has 2 N–H and O–H groups in total. The Kier molecular flexibility index (Phi) is 3.36. The highest BCUT2D eigenvalue weighted by molar-refractivity contribution is 9.10. The third kappa shape index (κ3) is 2.63. The first-order chi connectivity index (χ1) is 9.61. The standard InChI is InChI=1S/C15H13BrN2O2/c1-9-2-3-10(12(16)6-9)8-17-11-4-5-14-13(7-11)18-15(19)20-14/h2-7,17H,8H2,1H3,(H,18,19). The van der Waals surface area contributed by atoms with Crippen LogP contribution in [0.1, 0.15) is 11.1 Å². The minimum Gasteiger partial charge on any atom is -0.408 e. The van der Waals surface area contributed by atoms with Crippen LogP contribution >= 0.6 is 15.9 Å². The lowest BCUT2D eigenvalue weighted by atomic mass is 10.1. The van der Waals surface area contributed by atoms with Crippen LogP contribution < -0.4 is 11.1 Å². The Labute approximate surface area is 123 Å². The molecule has 0 saturated carbocycles. The fourth-order valence-corrected chi connectivity index (χ4v) is 2.69. The van der Waals surface area contributed by atoms with Gasteiger partial charge < -0.3 is 9.73 Å². The molecule has 3 aromatic rings. The molecule has 0 aliphatic carbocycles. The average molecular weight is 333 g/mol. The second kappa shape index (κ2) is 5.17. The second-order valence-corrected chi connectivity index (χ2v) is 5.53. The Morgan fingerprint density at radius 2 is 2.10 bits per heavy atom. The smallest absolute Gasteiger partial charge is 0.408 e. The number of anilines is 1. The van der Waals surface area contributed by atoms with Crippen LogP contribution in [0.25, 0.3) is 11.1 Å². The quantitative estimate of drug-likeness (QED) is 0.766. The van der Waals surface area contributed by atoms with Crippen molar-refractivity contribution in [3.05, 3.63) is 62.5 Å². The van der Waals surface area contributed by atoms with Crippen LogP contribution in [0.5, 0.6) is 0 Å². The van der Waals surface area contributed by atoms with Crippen LogP contribution in [0.2, 0.25) is 0 Å². The van der Waals surface area contributed by atoms with Crippen molar-refractivity contribution in [1.29, 1.82) is 0 Å². The van der Waals surface area contributed by atoms with E-state index in [0.717, 1.165) is 10.2 Å². The average Bonchev–Trinajstić information content (AvgIpc) is 2.77. The van der Waals surface area contributed by atoms with Gasteiger partial charge in [0, 0.05) is 16.7 Å². The van der Waals surface area contributed by atoms with Gasteiger partial charge in [-0.05, 0) is 42.3 Å². The van der Waals surface area contributed by atoms with E-state index in [1.807, 2.05) is 12.1 Å². The van der Waals surface area contributed by atoms with Gasteiger partial charge in [0.15, 0.2) is 5.58 Å². The van der Waals surface area contributed by atoms with E-state index in [-0.39, 0.29) is 0 Å². The van der Waals surface area contributed by atoms with Gasteiger partial charge in [-0.25, -0.2) is 4.79 Å². The fourth-order valence-electron chi connectivity index (χ4n) is 2.05. The Bertz CT molecular complexity index is 820. The summed E-state index contributed by atoms with van der Waals surface area (Å²) in [4.78, 5) is 13.8. The first-order valence-corrected chi connectivity index (χ1v) is 7.03. The summed E-state index contributed by atoms with van der Waals surface area (Å²) in [6, 6.07) is 11.8. The molecule has 102 valence electrons. The largest absolute Gasteiger partial charge is 0.417 e. The van der Waals surface area contributed by atoms with E-state index in [2.05, 4.69) is 51.4 Å². The molecule has 4 nitrogen and oxygen atoms in total. The molecule has 0 aliphatic rings. The molecule has 0 saturated heterocycles. The number of nitrogens with one attached hydrogen (secondary N) is 2. The number of aromatic nitrogens is 1. The maximum absolute atomic E-state index is 11.1. The molecule has 0 radical (unpaired) electrons. The SMILES string of the molecule is Cc1ccc(CNc2ccc3oc(=O)[nH]c3c2)c(Br)c1. The van der Waals surface area contributed by atoms with Crippen molar-refractivity contribution < 1.29 is 4.42 Å². The van der Waals surface area contributed by atoms with E-state index in [1.54, 1.807) is 6.07 Å². The number of aryl methyl sites for hydroxylation is 1. The number of hydrogen-bond donors (Lipinski definition) is 2. The molecule has 0 spiro atoms. The molecular formula is C15H13BrN2O2. The third-order valence-electron chi connectivity index (χ3n) is 3.11. The summed E-state index contributed by atoms with van der Waals surface area (Å²) in [5.74, 6) is -0.432. The fraction of sp³-hybridized carbons (Fsp3) is 0.133. The van der Waals surface area contributed by atoms with Crippen LogP contribution in [-0.2, 0) is 6.54 Å². The maximum Gasteiger partial charge on any atom is 0.417 e. The number of hydrogen-bond acceptors (Lipinski definition) is 3. The minimum atomic E-state index is -0.432. The Morgan fingerprint density at radius 1 is 1.25 bits per heavy atom. The number of halogens is 1. The predicted molar refractivity (Wildman–Crippen MR) is 83.0 cm³/mol. The number of rotatable bonds is 3. The normalized spacial score (nSPS) is 10.9. The maximum atomic E-state index is 11.1. The molecule has 0 fully saturated rings. The summed E-state index contributed by atoms with van der Waals surface area (Å²) < 4.78 is 6.06. The van der Waals surface area contributed by atoms with Crippen LogP contribution in [-0.4, -0.2) is 4.98 Å². The summed E-state index contributed by atoms with van der Waals surface area (Å²) >= 11 is 3.56. The molecule has 0 atom stereocenters. The Morgan fingerprint density at radius 3 is 2.90 bits per heavy atom. The topological polar surface area (TPSA) is 58.0 Å². The van der Waals surface area contributed by atoms with E-state index < -0.39 is 5.76 Å². The highest BCUT2D eigenvalue weighted by Crippen LogP contribution is 2.21. The Balaban J connectivity index is 1.80. The minimum absolute atomic E-state index is 0.432. The van der Waals surface area contributed by atoms with Crippen LogP contribution in [0, 0.1) is 6.92 Å². The lowest BCUT2D eigenvalue weighted by Crippen LogP contribution is -2.00. The molecular weight excluding hydrogens is 320 g/mol. The van der Waals surface area contributed by atoms with Gasteiger partial charge in [0.05, 0.1) is 5.52 Å². The highest BCUT2D eigenvalue weighted by Gasteiger charge is 2.03. The Hall–Kier alpha value is -2.01. The zero-order valence-corrected chi connectivity index (χ0v) is 12.5. The lowest BCUT2D eigenvalue weighted by molar-refractivity contribution is 0.555. The summed E-state index contributed by atoms with van der Waals surface area (Å²) in [6.07, 6.45) is 0. The van der Waals surface area contributed by atoms with Crippen molar-refractivity contribution in [2.75, 3.05) is 5.32 Å². The molecule has 5 heteroatoms. The monoisotopic (exact) mass is 332 g/mol. The molecule has 1 heterocycles. The zero-order valence-electron chi connectivity index (χ0n) is 10.9. The van der Waals surface area contributed by atoms with Crippen LogP contribution in [0.15, 0.2) is 50.1 Å². The van der Waals surface area contributed by atoms with Gasteiger partial charge in [0.1, 0.15) is 0 Å². The van der Waals surface area contributed by atoms with Gasteiger partial charge in [-0.2, -0.15) is 0 Å². The van der Waals surface area contributed by atoms with Crippen molar-refractivity contribution in [1.82, 2.24) is 4.98 Å².